The summed E-state index contributed by atoms with van der Waals surface area (Å²) in [4.78, 5) is 21.7. The molecule has 1 aromatic rings. The van der Waals surface area contributed by atoms with Gasteiger partial charge < -0.3 is 20.3 Å². The Morgan fingerprint density at radius 2 is 1.87 bits per heavy atom. The maximum atomic E-state index is 12.8. The third kappa shape index (κ3) is 4.62. The fourth-order valence-corrected chi connectivity index (χ4v) is 5.17. The molecule has 1 saturated carbocycles. The molecule has 164 valence electrons. The van der Waals surface area contributed by atoms with E-state index in [1.807, 2.05) is 23.1 Å². The van der Waals surface area contributed by atoms with E-state index in [2.05, 4.69) is 26.6 Å². The van der Waals surface area contributed by atoms with Gasteiger partial charge in [0.2, 0.25) is 5.91 Å². The molecule has 2 fully saturated rings. The Kier molecular flexibility index (Phi) is 6.89. The summed E-state index contributed by atoms with van der Waals surface area (Å²) in [5.41, 5.74) is 2.45. The standard InChI is InChI=1S/C23H35N5O2/c1-24-22(25-17-21(29)28-12-9-19-7-3-4-8-20(19)28)26-18-23(10-5-2-6-11-23)27-13-15-30-16-14-27/h3-4,7-8H,2,5-6,9-18H2,1H3,(H2,24,25,26). The van der Waals surface area contributed by atoms with Gasteiger partial charge in [0.1, 0.15) is 0 Å². The molecule has 2 N–H and O–H groups in total. The lowest BCUT2D eigenvalue weighted by molar-refractivity contribution is -0.117. The second-order valence-corrected chi connectivity index (χ2v) is 8.59. The lowest BCUT2D eigenvalue weighted by Crippen LogP contribution is -2.60. The van der Waals surface area contributed by atoms with Crippen molar-refractivity contribution in [3.8, 4) is 0 Å². The van der Waals surface area contributed by atoms with Gasteiger partial charge in [0.15, 0.2) is 5.96 Å². The largest absolute Gasteiger partial charge is 0.379 e. The van der Waals surface area contributed by atoms with Crippen LogP contribution in [0.3, 0.4) is 0 Å². The molecule has 3 aliphatic rings. The van der Waals surface area contributed by atoms with Crippen LogP contribution < -0.4 is 15.5 Å². The number of nitrogens with zero attached hydrogens (tertiary/aromatic N) is 3. The zero-order valence-corrected chi connectivity index (χ0v) is 18.2. The molecule has 4 rings (SSSR count). The number of aliphatic imine (C=N–C) groups is 1. The molecule has 0 radical (unpaired) electrons. The lowest BCUT2D eigenvalue weighted by atomic mass is 9.80. The summed E-state index contributed by atoms with van der Waals surface area (Å²) < 4.78 is 5.58. The molecular weight excluding hydrogens is 378 g/mol. The third-order valence-corrected chi connectivity index (χ3v) is 6.87. The van der Waals surface area contributed by atoms with Gasteiger partial charge in [0.25, 0.3) is 0 Å². The van der Waals surface area contributed by atoms with Gasteiger partial charge in [0, 0.05) is 44.5 Å². The van der Waals surface area contributed by atoms with Crippen LogP contribution in [0.2, 0.25) is 0 Å². The second-order valence-electron chi connectivity index (χ2n) is 8.59. The van der Waals surface area contributed by atoms with E-state index in [4.69, 9.17) is 4.74 Å². The van der Waals surface area contributed by atoms with Crippen LogP contribution in [0.4, 0.5) is 5.69 Å². The molecule has 2 aliphatic heterocycles. The monoisotopic (exact) mass is 413 g/mol. The fourth-order valence-electron chi connectivity index (χ4n) is 5.17. The quantitative estimate of drug-likeness (QED) is 0.569. The van der Waals surface area contributed by atoms with E-state index >= 15 is 0 Å². The van der Waals surface area contributed by atoms with Crippen molar-refractivity contribution in [1.29, 1.82) is 0 Å². The number of amides is 1. The number of carbonyl (C=O) groups is 1. The van der Waals surface area contributed by atoms with Gasteiger partial charge in [0.05, 0.1) is 19.8 Å². The Bertz CT molecular complexity index is 754. The average Bonchev–Trinajstić information content (AvgIpc) is 3.24. The number of benzene rings is 1. The lowest BCUT2D eigenvalue weighted by Gasteiger charge is -2.48. The van der Waals surface area contributed by atoms with E-state index in [1.165, 1.54) is 37.7 Å². The molecule has 1 aliphatic carbocycles. The smallest absolute Gasteiger partial charge is 0.246 e. The van der Waals surface area contributed by atoms with Crippen LogP contribution in [0.25, 0.3) is 0 Å². The molecule has 7 heteroatoms. The Hall–Kier alpha value is -2.12. The second kappa shape index (κ2) is 9.79. The van der Waals surface area contributed by atoms with Crippen molar-refractivity contribution in [2.75, 3.05) is 57.9 Å². The van der Waals surface area contributed by atoms with E-state index in [9.17, 15) is 4.79 Å². The Labute approximate surface area is 179 Å². The van der Waals surface area contributed by atoms with Gasteiger partial charge in [-0.1, -0.05) is 37.5 Å². The minimum absolute atomic E-state index is 0.0865. The maximum absolute atomic E-state index is 12.8. The molecule has 1 aromatic carbocycles. The first-order valence-electron chi connectivity index (χ1n) is 11.4. The Morgan fingerprint density at radius 3 is 2.63 bits per heavy atom. The SMILES string of the molecule is CN=C(NCC(=O)N1CCc2ccccc21)NCC1(N2CCOCC2)CCCCC1. The van der Waals surface area contributed by atoms with Gasteiger partial charge >= 0.3 is 0 Å². The van der Waals surface area contributed by atoms with Crippen molar-refractivity contribution in [1.82, 2.24) is 15.5 Å². The molecule has 30 heavy (non-hydrogen) atoms. The van der Waals surface area contributed by atoms with E-state index in [1.54, 1.807) is 7.05 Å². The fraction of sp³-hybridized carbons (Fsp3) is 0.652. The normalized spacial score (nSPS) is 21.9. The predicted molar refractivity (Wildman–Crippen MR) is 120 cm³/mol. The highest BCUT2D eigenvalue weighted by molar-refractivity contribution is 5.98. The van der Waals surface area contributed by atoms with Crippen LogP contribution in [0.1, 0.15) is 37.7 Å². The number of rotatable bonds is 5. The summed E-state index contributed by atoms with van der Waals surface area (Å²) in [6.07, 6.45) is 7.22. The summed E-state index contributed by atoms with van der Waals surface area (Å²) in [6.45, 7) is 5.50. The number of para-hydroxylation sites is 1. The van der Waals surface area contributed by atoms with Crippen LogP contribution in [-0.2, 0) is 16.0 Å². The Morgan fingerprint density at radius 1 is 1.10 bits per heavy atom. The first kappa shape index (κ1) is 21.1. The highest BCUT2D eigenvalue weighted by Crippen LogP contribution is 2.34. The van der Waals surface area contributed by atoms with Gasteiger partial charge in [-0.25, -0.2) is 0 Å². The van der Waals surface area contributed by atoms with Crippen molar-refractivity contribution >= 4 is 17.6 Å². The molecule has 0 bridgehead atoms. The highest BCUT2D eigenvalue weighted by Gasteiger charge is 2.38. The van der Waals surface area contributed by atoms with Crippen LogP contribution in [0, 0.1) is 0 Å². The molecule has 2 heterocycles. The molecule has 0 spiro atoms. The molecule has 0 aromatic heterocycles. The molecule has 7 nitrogen and oxygen atoms in total. The molecular formula is C23H35N5O2. The number of ether oxygens (including phenoxy) is 1. The summed E-state index contributed by atoms with van der Waals surface area (Å²) in [7, 11) is 1.77. The zero-order chi connectivity index (χ0) is 20.8. The summed E-state index contributed by atoms with van der Waals surface area (Å²) in [5.74, 6) is 0.789. The van der Waals surface area contributed by atoms with Crippen molar-refractivity contribution in [2.24, 2.45) is 4.99 Å². The van der Waals surface area contributed by atoms with E-state index < -0.39 is 0 Å². The number of morpholine rings is 1. The number of carbonyl (C=O) groups excluding carboxylic acids is 1. The van der Waals surface area contributed by atoms with Gasteiger partial charge in [-0.3, -0.25) is 14.7 Å². The Balaban J connectivity index is 1.32. The van der Waals surface area contributed by atoms with Gasteiger partial charge in [-0.2, -0.15) is 0 Å². The third-order valence-electron chi connectivity index (χ3n) is 6.87. The number of fused-ring (bicyclic) bond motifs is 1. The number of guanidine groups is 1. The van der Waals surface area contributed by atoms with E-state index in [0.717, 1.165) is 51.5 Å². The first-order chi connectivity index (χ1) is 14.7. The van der Waals surface area contributed by atoms with Crippen molar-refractivity contribution in [2.45, 2.75) is 44.1 Å². The number of hydrogen-bond acceptors (Lipinski definition) is 4. The van der Waals surface area contributed by atoms with Crippen LogP contribution in [-0.4, -0.2) is 75.3 Å². The van der Waals surface area contributed by atoms with Crippen LogP contribution in [0.15, 0.2) is 29.3 Å². The highest BCUT2D eigenvalue weighted by atomic mass is 16.5. The number of hydrogen-bond donors (Lipinski definition) is 2. The zero-order valence-electron chi connectivity index (χ0n) is 18.2. The first-order valence-corrected chi connectivity index (χ1v) is 11.4. The van der Waals surface area contributed by atoms with E-state index in [0.29, 0.717) is 5.96 Å². The topological polar surface area (TPSA) is 69.2 Å². The molecule has 0 unspecified atom stereocenters. The van der Waals surface area contributed by atoms with Crippen LogP contribution in [0.5, 0.6) is 0 Å². The number of nitrogens with one attached hydrogen (secondary N) is 2. The van der Waals surface area contributed by atoms with Crippen molar-refractivity contribution < 1.29 is 9.53 Å². The molecule has 0 atom stereocenters. The average molecular weight is 414 g/mol. The summed E-state index contributed by atoms with van der Waals surface area (Å²) in [5, 5.41) is 6.77. The van der Waals surface area contributed by atoms with Crippen LogP contribution >= 0.6 is 0 Å². The molecule has 1 saturated heterocycles. The predicted octanol–water partition coefficient (Wildman–Crippen LogP) is 1.78. The minimum Gasteiger partial charge on any atom is -0.379 e. The summed E-state index contributed by atoms with van der Waals surface area (Å²) in [6, 6.07) is 8.16. The van der Waals surface area contributed by atoms with Gasteiger partial charge in [-0.15, -0.1) is 0 Å². The number of anilines is 1. The summed E-state index contributed by atoms with van der Waals surface area (Å²) >= 11 is 0. The van der Waals surface area contributed by atoms with Crippen molar-refractivity contribution in [3.05, 3.63) is 29.8 Å². The maximum Gasteiger partial charge on any atom is 0.246 e. The minimum atomic E-state index is 0.0865. The van der Waals surface area contributed by atoms with E-state index in [-0.39, 0.29) is 18.0 Å². The molecule has 1 amide bonds. The van der Waals surface area contributed by atoms with Crippen molar-refractivity contribution in [3.63, 3.8) is 0 Å². The van der Waals surface area contributed by atoms with Gasteiger partial charge in [-0.05, 0) is 30.9 Å².